The van der Waals surface area contributed by atoms with Crippen molar-refractivity contribution >= 4 is 17.3 Å². The molecule has 170 valence electrons. The topological polar surface area (TPSA) is 45.2 Å². The Bertz CT molecular complexity index is 1140. The Morgan fingerprint density at radius 1 is 0.939 bits per heavy atom. The molecule has 2 aliphatic heterocycles. The number of para-hydroxylation sites is 1. The zero-order valence-corrected chi connectivity index (χ0v) is 18.4. The van der Waals surface area contributed by atoms with Gasteiger partial charge in [0.15, 0.2) is 0 Å². The highest BCUT2D eigenvalue weighted by molar-refractivity contribution is 5.85. The van der Waals surface area contributed by atoms with Gasteiger partial charge in [-0.15, -0.1) is 0 Å². The van der Waals surface area contributed by atoms with Crippen LogP contribution in [0.25, 0.3) is 11.6 Å². The van der Waals surface area contributed by atoms with Gasteiger partial charge < -0.3 is 19.5 Å². The van der Waals surface area contributed by atoms with Crippen LogP contribution < -0.4 is 14.4 Å². The van der Waals surface area contributed by atoms with Gasteiger partial charge in [-0.3, -0.25) is 4.90 Å². The van der Waals surface area contributed by atoms with Crippen molar-refractivity contribution in [2.75, 3.05) is 50.8 Å². The molecular weight excluding hydrogens is 419 g/mol. The van der Waals surface area contributed by atoms with E-state index in [1.165, 1.54) is 6.07 Å². The zero-order chi connectivity index (χ0) is 22.6. The van der Waals surface area contributed by atoms with Gasteiger partial charge in [0.25, 0.3) is 0 Å². The highest BCUT2D eigenvalue weighted by atomic mass is 19.1. The molecule has 0 amide bonds. The Morgan fingerprint density at radius 3 is 2.52 bits per heavy atom. The van der Waals surface area contributed by atoms with Crippen LogP contribution in [0.3, 0.4) is 0 Å². The van der Waals surface area contributed by atoms with Crippen LogP contribution in [0.2, 0.25) is 0 Å². The summed E-state index contributed by atoms with van der Waals surface area (Å²) < 4.78 is 26.0. The summed E-state index contributed by atoms with van der Waals surface area (Å²) in [5.41, 5.74) is 3.81. The third-order valence-electron chi connectivity index (χ3n) is 6.18. The van der Waals surface area contributed by atoms with Crippen LogP contribution in [0, 0.1) is 5.82 Å². The second kappa shape index (κ2) is 9.55. The summed E-state index contributed by atoms with van der Waals surface area (Å²) >= 11 is 0. The molecule has 3 aromatic rings. The monoisotopic (exact) mass is 446 g/mol. The predicted molar refractivity (Wildman–Crippen MR) is 128 cm³/mol. The Hall–Kier alpha value is -3.51. The number of ether oxygens (including phenoxy) is 2. The maximum atomic E-state index is 14.0. The number of piperazine rings is 1. The molecule has 0 radical (unpaired) electrons. The molecule has 1 N–H and O–H groups in total. The molecule has 2 aliphatic rings. The molecule has 5 rings (SSSR count). The molecule has 0 atom stereocenters. The van der Waals surface area contributed by atoms with E-state index in [0.717, 1.165) is 60.9 Å². The molecule has 1 saturated heterocycles. The van der Waals surface area contributed by atoms with Crippen LogP contribution in [0.5, 0.6) is 17.2 Å². The Balaban J connectivity index is 1.12. The van der Waals surface area contributed by atoms with E-state index in [-0.39, 0.29) is 11.6 Å². The highest BCUT2D eigenvalue weighted by Crippen LogP contribution is 2.33. The summed E-state index contributed by atoms with van der Waals surface area (Å²) in [6, 6.07) is 20.0. The van der Waals surface area contributed by atoms with Gasteiger partial charge in [-0.25, -0.2) is 4.39 Å². The van der Waals surface area contributed by atoms with Gasteiger partial charge >= 0.3 is 0 Å². The third kappa shape index (κ3) is 4.96. The predicted octanol–water partition coefficient (Wildman–Crippen LogP) is 4.67. The Kier molecular flexibility index (Phi) is 6.17. The van der Waals surface area contributed by atoms with Gasteiger partial charge in [-0.2, -0.15) is 0 Å². The lowest BCUT2D eigenvalue weighted by molar-refractivity contribution is 0.200. The van der Waals surface area contributed by atoms with Crippen molar-refractivity contribution in [2.45, 2.75) is 0 Å². The smallest absolute Gasteiger partial charge is 0.146 e. The van der Waals surface area contributed by atoms with E-state index in [1.54, 1.807) is 18.2 Å². The van der Waals surface area contributed by atoms with Crippen molar-refractivity contribution in [2.24, 2.45) is 0 Å². The number of aromatic hydroxyl groups is 1. The van der Waals surface area contributed by atoms with Crippen LogP contribution >= 0.6 is 0 Å². The van der Waals surface area contributed by atoms with E-state index < -0.39 is 0 Å². The summed E-state index contributed by atoms with van der Waals surface area (Å²) in [5.74, 6) is 1.70. The number of phenolic OH excluding ortho intramolecular Hbond substituents is 1. The first kappa shape index (κ1) is 21.3. The molecule has 5 nitrogen and oxygen atoms in total. The fourth-order valence-electron chi connectivity index (χ4n) is 4.29. The lowest BCUT2D eigenvalue weighted by atomic mass is 10.0. The first-order valence-corrected chi connectivity index (χ1v) is 11.3. The van der Waals surface area contributed by atoms with Crippen LogP contribution in [0.1, 0.15) is 11.1 Å². The van der Waals surface area contributed by atoms with Crippen LogP contribution in [0.15, 0.2) is 66.7 Å². The van der Waals surface area contributed by atoms with Crippen molar-refractivity contribution in [3.05, 3.63) is 83.7 Å². The van der Waals surface area contributed by atoms with Gasteiger partial charge in [0, 0.05) is 44.4 Å². The Morgan fingerprint density at radius 2 is 1.73 bits per heavy atom. The number of halogens is 1. The van der Waals surface area contributed by atoms with Crippen molar-refractivity contribution in [3.8, 4) is 17.2 Å². The standard InChI is InChI=1S/C27H27FN2O3/c28-25-3-1-2-4-26(25)30-13-11-29(12-14-30)15-16-32-24-10-7-21-17-22(19-33-27(21)18-24)20-5-8-23(31)9-6-20/h1-10,17-18,31H,11-16,19H2. The molecular formula is C27H27FN2O3. The summed E-state index contributed by atoms with van der Waals surface area (Å²) in [7, 11) is 0. The van der Waals surface area contributed by atoms with E-state index in [9.17, 15) is 9.50 Å². The van der Waals surface area contributed by atoms with E-state index in [0.29, 0.717) is 18.9 Å². The molecule has 0 bridgehead atoms. The highest BCUT2D eigenvalue weighted by Gasteiger charge is 2.19. The van der Waals surface area contributed by atoms with E-state index in [1.807, 2.05) is 42.5 Å². The van der Waals surface area contributed by atoms with Crippen LogP contribution in [0.4, 0.5) is 10.1 Å². The number of benzene rings is 3. The van der Waals surface area contributed by atoms with Gasteiger partial charge in [-0.1, -0.05) is 24.3 Å². The van der Waals surface area contributed by atoms with Crippen LogP contribution in [-0.4, -0.2) is 55.9 Å². The van der Waals surface area contributed by atoms with Crippen molar-refractivity contribution in [1.29, 1.82) is 0 Å². The van der Waals surface area contributed by atoms with E-state index in [2.05, 4.69) is 15.9 Å². The van der Waals surface area contributed by atoms with Crippen molar-refractivity contribution in [3.63, 3.8) is 0 Å². The maximum Gasteiger partial charge on any atom is 0.146 e. The first-order chi connectivity index (χ1) is 16.2. The molecule has 0 unspecified atom stereocenters. The molecule has 0 aromatic heterocycles. The lowest BCUT2D eigenvalue weighted by Crippen LogP contribution is -2.47. The molecule has 0 spiro atoms. The molecule has 6 heteroatoms. The number of hydrogen-bond acceptors (Lipinski definition) is 5. The minimum atomic E-state index is -0.158. The summed E-state index contributed by atoms with van der Waals surface area (Å²) in [4.78, 5) is 4.45. The van der Waals surface area contributed by atoms with Crippen LogP contribution in [-0.2, 0) is 0 Å². The number of hydrogen-bond donors (Lipinski definition) is 1. The lowest BCUT2D eigenvalue weighted by Gasteiger charge is -2.36. The minimum absolute atomic E-state index is 0.158. The second-order valence-electron chi connectivity index (χ2n) is 8.33. The number of fused-ring (bicyclic) bond motifs is 1. The van der Waals surface area contributed by atoms with Gasteiger partial charge in [0.1, 0.15) is 36.3 Å². The fraction of sp³-hybridized carbons (Fsp3) is 0.259. The van der Waals surface area contributed by atoms with Gasteiger partial charge in [0.2, 0.25) is 0 Å². The van der Waals surface area contributed by atoms with Crippen molar-refractivity contribution < 1.29 is 19.0 Å². The fourth-order valence-corrected chi connectivity index (χ4v) is 4.29. The summed E-state index contributed by atoms with van der Waals surface area (Å²) in [6.45, 7) is 5.28. The molecule has 3 aromatic carbocycles. The quantitative estimate of drug-likeness (QED) is 0.597. The van der Waals surface area contributed by atoms with E-state index in [4.69, 9.17) is 9.47 Å². The average molecular weight is 447 g/mol. The molecule has 2 heterocycles. The second-order valence-corrected chi connectivity index (χ2v) is 8.33. The summed E-state index contributed by atoms with van der Waals surface area (Å²) in [5, 5.41) is 9.48. The SMILES string of the molecule is Oc1ccc(C2=Cc3ccc(OCCN4CCN(c5ccccc5F)CC4)cc3OC2)cc1. The maximum absolute atomic E-state index is 14.0. The van der Waals surface area contributed by atoms with Gasteiger partial charge in [0.05, 0.1) is 5.69 Å². The number of phenols is 1. The minimum Gasteiger partial charge on any atom is -0.508 e. The number of rotatable bonds is 6. The molecule has 33 heavy (non-hydrogen) atoms. The molecule has 1 fully saturated rings. The number of anilines is 1. The summed E-state index contributed by atoms with van der Waals surface area (Å²) in [6.07, 6.45) is 2.12. The average Bonchev–Trinajstić information content (AvgIpc) is 2.85. The van der Waals surface area contributed by atoms with E-state index >= 15 is 0 Å². The van der Waals surface area contributed by atoms with Crippen molar-refractivity contribution in [1.82, 2.24) is 4.90 Å². The normalized spacial score (nSPS) is 16.0. The zero-order valence-electron chi connectivity index (χ0n) is 18.4. The Labute approximate surface area is 193 Å². The molecule has 0 aliphatic carbocycles. The van der Waals surface area contributed by atoms with Gasteiger partial charge in [-0.05, 0) is 53.6 Å². The first-order valence-electron chi connectivity index (χ1n) is 11.3. The molecule has 0 saturated carbocycles. The number of nitrogens with zero attached hydrogens (tertiary/aromatic N) is 2. The largest absolute Gasteiger partial charge is 0.508 e. The third-order valence-corrected chi connectivity index (χ3v) is 6.18.